The second kappa shape index (κ2) is 5.17. The summed E-state index contributed by atoms with van der Waals surface area (Å²) in [5.74, 6) is -0.396. The summed E-state index contributed by atoms with van der Waals surface area (Å²) in [5.41, 5.74) is 1.10. The highest BCUT2D eigenvalue weighted by Crippen LogP contribution is 2.21. The SMILES string of the molecule is COC(=O)COc1cc(-c2cccnc2)n(O)n1. The molecule has 0 fully saturated rings. The molecule has 0 unspecified atom stereocenters. The highest BCUT2D eigenvalue weighted by Gasteiger charge is 2.11. The highest BCUT2D eigenvalue weighted by molar-refractivity contribution is 5.70. The van der Waals surface area contributed by atoms with Gasteiger partial charge in [-0.15, -0.1) is 0 Å². The summed E-state index contributed by atoms with van der Waals surface area (Å²) in [5, 5.41) is 13.3. The normalized spacial score (nSPS) is 10.1. The average Bonchev–Trinajstić information content (AvgIpc) is 2.78. The van der Waals surface area contributed by atoms with Crippen LogP contribution < -0.4 is 4.74 Å². The van der Waals surface area contributed by atoms with Gasteiger partial charge in [0.25, 0.3) is 0 Å². The van der Waals surface area contributed by atoms with Crippen LogP contribution in [0.4, 0.5) is 0 Å². The van der Waals surface area contributed by atoms with E-state index in [0.29, 0.717) is 16.1 Å². The Morgan fingerprint density at radius 1 is 1.56 bits per heavy atom. The molecule has 1 N–H and O–H groups in total. The van der Waals surface area contributed by atoms with E-state index in [9.17, 15) is 10.0 Å². The van der Waals surface area contributed by atoms with E-state index in [4.69, 9.17) is 4.74 Å². The fourth-order valence-corrected chi connectivity index (χ4v) is 1.33. The fourth-order valence-electron chi connectivity index (χ4n) is 1.33. The molecular formula is C11H11N3O4. The molecule has 2 aromatic heterocycles. The molecule has 2 aromatic rings. The van der Waals surface area contributed by atoms with Crippen LogP contribution in [0.3, 0.4) is 0 Å². The molecule has 2 heterocycles. The molecule has 0 spiro atoms. The van der Waals surface area contributed by atoms with Gasteiger partial charge in [0.1, 0.15) is 5.69 Å². The van der Waals surface area contributed by atoms with Crippen LogP contribution >= 0.6 is 0 Å². The van der Waals surface area contributed by atoms with Crippen molar-refractivity contribution < 1.29 is 19.5 Å². The zero-order valence-electron chi connectivity index (χ0n) is 9.61. The van der Waals surface area contributed by atoms with E-state index in [2.05, 4.69) is 14.8 Å². The van der Waals surface area contributed by atoms with Crippen molar-refractivity contribution in [3.8, 4) is 17.1 Å². The Morgan fingerprint density at radius 3 is 3.06 bits per heavy atom. The quantitative estimate of drug-likeness (QED) is 0.635. The number of nitrogens with zero attached hydrogens (tertiary/aromatic N) is 3. The van der Waals surface area contributed by atoms with Crippen LogP contribution in [0, 0.1) is 0 Å². The predicted molar refractivity (Wildman–Crippen MR) is 60.2 cm³/mol. The Labute approximate surface area is 103 Å². The number of carbonyl (C=O) groups excluding carboxylic acids is 1. The van der Waals surface area contributed by atoms with Crippen molar-refractivity contribution in [2.75, 3.05) is 13.7 Å². The second-order valence-corrected chi connectivity index (χ2v) is 3.36. The van der Waals surface area contributed by atoms with Gasteiger partial charge in [0.15, 0.2) is 6.61 Å². The van der Waals surface area contributed by atoms with Crippen molar-refractivity contribution in [3.05, 3.63) is 30.6 Å². The van der Waals surface area contributed by atoms with Crippen LogP contribution in [0.2, 0.25) is 0 Å². The van der Waals surface area contributed by atoms with Crippen molar-refractivity contribution in [1.29, 1.82) is 0 Å². The largest absolute Gasteiger partial charge is 0.466 e. The Hall–Kier alpha value is -2.57. The smallest absolute Gasteiger partial charge is 0.343 e. The molecule has 0 saturated carbocycles. The summed E-state index contributed by atoms with van der Waals surface area (Å²) >= 11 is 0. The van der Waals surface area contributed by atoms with Crippen molar-refractivity contribution in [1.82, 2.24) is 14.9 Å². The number of hydrogen-bond donors (Lipinski definition) is 1. The summed E-state index contributed by atoms with van der Waals surface area (Å²) in [6, 6.07) is 5.00. The molecule has 0 aliphatic rings. The van der Waals surface area contributed by atoms with Crippen LogP contribution in [0.5, 0.6) is 5.88 Å². The molecule has 0 radical (unpaired) electrons. The first-order valence-electron chi connectivity index (χ1n) is 5.10. The Balaban J connectivity index is 2.15. The summed E-state index contributed by atoms with van der Waals surface area (Å²) in [7, 11) is 1.26. The van der Waals surface area contributed by atoms with E-state index < -0.39 is 5.97 Å². The third kappa shape index (κ3) is 2.57. The monoisotopic (exact) mass is 249 g/mol. The van der Waals surface area contributed by atoms with Crippen molar-refractivity contribution in [3.63, 3.8) is 0 Å². The minimum absolute atomic E-state index is 0.127. The molecular weight excluding hydrogens is 238 g/mol. The van der Waals surface area contributed by atoms with Crippen molar-refractivity contribution in [2.24, 2.45) is 0 Å². The minimum Gasteiger partial charge on any atom is -0.466 e. The minimum atomic E-state index is -0.523. The first-order valence-corrected chi connectivity index (χ1v) is 5.10. The highest BCUT2D eigenvalue weighted by atomic mass is 16.6. The molecule has 0 amide bonds. The van der Waals surface area contributed by atoms with Crippen LogP contribution in [-0.2, 0) is 9.53 Å². The molecule has 7 nitrogen and oxygen atoms in total. The van der Waals surface area contributed by atoms with Gasteiger partial charge in [-0.1, -0.05) is 9.94 Å². The third-order valence-electron chi connectivity index (χ3n) is 2.19. The van der Waals surface area contributed by atoms with Gasteiger partial charge < -0.3 is 14.7 Å². The summed E-state index contributed by atoms with van der Waals surface area (Å²) in [6.07, 6.45) is 3.20. The number of pyridine rings is 1. The van der Waals surface area contributed by atoms with E-state index >= 15 is 0 Å². The molecule has 0 aromatic carbocycles. The standard InChI is InChI=1S/C11H11N3O4/c1-17-11(15)7-18-10-5-9(14(16)13-10)8-3-2-4-12-6-8/h2-6,16H,7H2,1H3. The van der Waals surface area contributed by atoms with Gasteiger partial charge in [0, 0.05) is 24.0 Å². The number of aromatic nitrogens is 3. The van der Waals surface area contributed by atoms with Crippen molar-refractivity contribution in [2.45, 2.75) is 0 Å². The molecule has 2 rings (SSSR count). The third-order valence-corrected chi connectivity index (χ3v) is 2.19. The number of methoxy groups -OCH3 is 1. The zero-order chi connectivity index (χ0) is 13.0. The first kappa shape index (κ1) is 11.9. The van der Waals surface area contributed by atoms with Crippen molar-refractivity contribution >= 4 is 5.97 Å². The van der Waals surface area contributed by atoms with E-state index in [0.717, 1.165) is 0 Å². The van der Waals surface area contributed by atoms with Gasteiger partial charge >= 0.3 is 5.97 Å². The summed E-state index contributed by atoms with van der Waals surface area (Å²) < 4.78 is 9.48. The first-order chi connectivity index (χ1) is 8.70. The Morgan fingerprint density at radius 2 is 2.39 bits per heavy atom. The van der Waals surface area contributed by atoms with Crippen LogP contribution in [0.1, 0.15) is 0 Å². The van der Waals surface area contributed by atoms with E-state index in [-0.39, 0.29) is 12.5 Å². The number of hydrogen-bond acceptors (Lipinski definition) is 6. The molecule has 18 heavy (non-hydrogen) atoms. The number of carbonyl (C=O) groups is 1. The van der Waals surface area contributed by atoms with Crippen LogP contribution in [0.25, 0.3) is 11.3 Å². The molecule has 0 atom stereocenters. The predicted octanol–water partition coefficient (Wildman–Crippen LogP) is 0.734. The van der Waals surface area contributed by atoms with Gasteiger partial charge in [0.05, 0.1) is 7.11 Å². The van der Waals surface area contributed by atoms with Gasteiger partial charge in [-0.05, 0) is 12.1 Å². The topological polar surface area (TPSA) is 86.5 Å². The molecule has 94 valence electrons. The number of rotatable bonds is 4. The molecule has 7 heteroatoms. The molecule has 0 aliphatic heterocycles. The van der Waals surface area contributed by atoms with Crippen LogP contribution in [-0.4, -0.2) is 39.8 Å². The Bertz CT molecular complexity index is 538. The lowest BCUT2D eigenvalue weighted by Crippen LogP contribution is -2.12. The maximum Gasteiger partial charge on any atom is 0.343 e. The average molecular weight is 249 g/mol. The maximum atomic E-state index is 10.9. The summed E-state index contributed by atoms with van der Waals surface area (Å²) in [6.45, 7) is -0.264. The van der Waals surface area contributed by atoms with Gasteiger partial charge in [-0.25, -0.2) is 4.79 Å². The zero-order valence-corrected chi connectivity index (χ0v) is 9.61. The lowest BCUT2D eigenvalue weighted by Gasteiger charge is -1.98. The van der Waals surface area contributed by atoms with E-state index in [1.54, 1.807) is 24.5 Å². The maximum absolute atomic E-state index is 10.9. The van der Waals surface area contributed by atoms with E-state index in [1.807, 2.05) is 0 Å². The van der Waals surface area contributed by atoms with Gasteiger partial charge in [-0.2, -0.15) is 0 Å². The van der Waals surface area contributed by atoms with Gasteiger partial charge in [0.2, 0.25) is 5.88 Å². The molecule has 0 saturated heterocycles. The Kier molecular flexibility index (Phi) is 3.42. The fraction of sp³-hybridized carbons (Fsp3) is 0.182. The molecule has 0 aliphatic carbocycles. The second-order valence-electron chi connectivity index (χ2n) is 3.36. The lowest BCUT2D eigenvalue weighted by atomic mass is 10.2. The van der Waals surface area contributed by atoms with E-state index in [1.165, 1.54) is 13.2 Å². The number of esters is 1. The van der Waals surface area contributed by atoms with Crippen LogP contribution in [0.15, 0.2) is 30.6 Å². The lowest BCUT2D eigenvalue weighted by molar-refractivity contribution is -0.143. The number of ether oxygens (including phenoxy) is 2. The van der Waals surface area contributed by atoms with Gasteiger partial charge in [-0.3, -0.25) is 4.98 Å². The molecule has 0 bridgehead atoms. The summed E-state index contributed by atoms with van der Waals surface area (Å²) in [4.78, 5) is 15.5.